The SMILES string of the molecule is CNS(=O)(=O)NC(C)CC(=O)O. The van der Waals surface area contributed by atoms with E-state index in [1.165, 1.54) is 14.0 Å². The zero-order chi connectivity index (χ0) is 9.78. The maximum absolute atomic E-state index is 10.8. The molecule has 0 amide bonds. The minimum atomic E-state index is -3.53. The molecule has 0 heterocycles. The van der Waals surface area contributed by atoms with Gasteiger partial charge in [0.1, 0.15) is 0 Å². The van der Waals surface area contributed by atoms with Gasteiger partial charge in [-0.15, -0.1) is 0 Å². The Balaban J connectivity index is 4.01. The van der Waals surface area contributed by atoms with Crippen molar-refractivity contribution in [2.45, 2.75) is 19.4 Å². The molecule has 7 heteroatoms. The standard InChI is InChI=1S/C5H12N2O4S/c1-4(3-5(8)9)7-12(10,11)6-2/h4,6-7H,3H2,1-2H3,(H,8,9). The van der Waals surface area contributed by atoms with Crippen LogP contribution in [0.3, 0.4) is 0 Å². The molecule has 0 fully saturated rings. The van der Waals surface area contributed by atoms with E-state index < -0.39 is 22.2 Å². The van der Waals surface area contributed by atoms with Crippen molar-refractivity contribution in [2.75, 3.05) is 7.05 Å². The van der Waals surface area contributed by atoms with Gasteiger partial charge in [0.25, 0.3) is 10.2 Å². The number of carboxylic acids is 1. The van der Waals surface area contributed by atoms with Crippen LogP contribution in [-0.2, 0) is 15.0 Å². The first-order valence-corrected chi connectivity index (χ1v) is 4.78. The van der Waals surface area contributed by atoms with Crippen LogP contribution in [0.15, 0.2) is 0 Å². The van der Waals surface area contributed by atoms with Gasteiger partial charge in [0.15, 0.2) is 0 Å². The third kappa shape index (κ3) is 5.05. The van der Waals surface area contributed by atoms with Crippen molar-refractivity contribution in [3.8, 4) is 0 Å². The number of hydrogen-bond acceptors (Lipinski definition) is 3. The van der Waals surface area contributed by atoms with Crippen LogP contribution in [-0.4, -0.2) is 32.6 Å². The first kappa shape index (κ1) is 11.3. The maximum atomic E-state index is 10.8. The van der Waals surface area contributed by atoms with Gasteiger partial charge in [-0.05, 0) is 6.92 Å². The lowest BCUT2D eigenvalue weighted by Gasteiger charge is -2.10. The van der Waals surface area contributed by atoms with Gasteiger partial charge < -0.3 is 5.11 Å². The van der Waals surface area contributed by atoms with Crippen molar-refractivity contribution in [2.24, 2.45) is 0 Å². The van der Waals surface area contributed by atoms with Gasteiger partial charge >= 0.3 is 5.97 Å². The highest BCUT2D eigenvalue weighted by Gasteiger charge is 2.13. The maximum Gasteiger partial charge on any atom is 0.304 e. The van der Waals surface area contributed by atoms with Gasteiger partial charge in [-0.3, -0.25) is 4.79 Å². The van der Waals surface area contributed by atoms with Crippen molar-refractivity contribution in [1.29, 1.82) is 0 Å². The summed E-state index contributed by atoms with van der Waals surface area (Å²) in [5.41, 5.74) is 0. The number of carboxylic acid groups (broad SMARTS) is 1. The molecule has 0 radical (unpaired) electrons. The minimum Gasteiger partial charge on any atom is -0.481 e. The number of aliphatic carboxylic acids is 1. The summed E-state index contributed by atoms with van der Waals surface area (Å²) in [7, 11) is -2.28. The lowest BCUT2D eigenvalue weighted by atomic mass is 10.3. The summed E-state index contributed by atoms with van der Waals surface area (Å²) < 4.78 is 25.7. The lowest BCUT2D eigenvalue weighted by Crippen LogP contribution is -2.40. The van der Waals surface area contributed by atoms with E-state index in [2.05, 4.69) is 4.72 Å². The Morgan fingerprint density at radius 1 is 1.58 bits per heavy atom. The summed E-state index contributed by atoms with van der Waals surface area (Å²) in [6.45, 7) is 1.48. The van der Waals surface area contributed by atoms with Crippen LogP contribution < -0.4 is 9.44 Å². The van der Waals surface area contributed by atoms with Crippen LogP contribution in [0.25, 0.3) is 0 Å². The first-order valence-electron chi connectivity index (χ1n) is 3.30. The highest BCUT2D eigenvalue weighted by molar-refractivity contribution is 7.87. The van der Waals surface area contributed by atoms with Crippen LogP contribution >= 0.6 is 0 Å². The van der Waals surface area contributed by atoms with Gasteiger partial charge in [-0.2, -0.15) is 13.1 Å². The number of carbonyl (C=O) groups is 1. The third-order valence-electron chi connectivity index (χ3n) is 1.11. The molecule has 0 rings (SSSR count). The average Bonchev–Trinajstić information content (AvgIpc) is 1.84. The molecular formula is C5H12N2O4S. The van der Waals surface area contributed by atoms with Gasteiger partial charge in [-0.1, -0.05) is 0 Å². The van der Waals surface area contributed by atoms with E-state index in [4.69, 9.17) is 5.11 Å². The lowest BCUT2D eigenvalue weighted by molar-refractivity contribution is -0.137. The Labute approximate surface area is 71.2 Å². The molecule has 12 heavy (non-hydrogen) atoms. The summed E-state index contributed by atoms with van der Waals surface area (Å²) in [6.07, 6.45) is -0.235. The zero-order valence-corrected chi connectivity index (χ0v) is 7.68. The van der Waals surface area contributed by atoms with Crippen LogP contribution in [0.5, 0.6) is 0 Å². The van der Waals surface area contributed by atoms with Gasteiger partial charge in [0.2, 0.25) is 0 Å². The first-order chi connectivity index (χ1) is 5.37. The highest BCUT2D eigenvalue weighted by atomic mass is 32.2. The Morgan fingerprint density at radius 3 is 2.42 bits per heavy atom. The molecule has 0 saturated carbocycles. The Bertz CT molecular complexity index is 248. The van der Waals surface area contributed by atoms with Gasteiger partial charge in [-0.25, -0.2) is 4.72 Å². The van der Waals surface area contributed by atoms with Crippen molar-refractivity contribution < 1.29 is 18.3 Å². The van der Waals surface area contributed by atoms with E-state index in [0.29, 0.717) is 0 Å². The second-order valence-corrected chi connectivity index (χ2v) is 3.98. The van der Waals surface area contributed by atoms with E-state index in [9.17, 15) is 13.2 Å². The molecule has 3 N–H and O–H groups in total. The second kappa shape index (κ2) is 4.39. The largest absolute Gasteiger partial charge is 0.481 e. The fourth-order valence-corrected chi connectivity index (χ4v) is 1.36. The summed E-state index contributed by atoms with van der Waals surface area (Å²) in [6, 6.07) is -0.611. The normalized spacial score (nSPS) is 14.2. The van der Waals surface area contributed by atoms with Crippen LogP contribution in [0.4, 0.5) is 0 Å². The Hall–Kier alpha value is -0.660. The fraction of sp³-hybridized carbons (Fsp3) is 0.800. The van der Waals surface area contributed by atoms with Crippen molar-refractivity contribution in [3.63, 3.8) is 0 Å². The molecule has 1 atom stereocenters. The van der Waals surface area contributed by atoms with Crippen molar-refractivity contribution in [3.05, 3.63) is 0 Å². The average molecular weight is 196 g/mol. The predicted octanol–water partition coefficient (Wildman–Crippen LogP) is -1.10. The number of nitrogens with one attached hydrogen (secondary N) is 2. The van der Waals surface area contributed by atoms with Gasteiger partial charge in [0.05, 0.1) is 6.42 Å². The molecule has 0 aliphatic heterocycles. The molecular weight excluding hydrogens is 184 g/mol. The van der Waals surface area contributed by atoms with E-state index in [1.807, 2.05) is 4.72 Å². The quantitative estimate of drug-likeness (QED) is 0.520. The molecule has 6 nitrogen and oxygen atoms in total. The third-order valence-corrected chi connectivity index (χ3v) is 2.36. The van der Waals surface area contributed by atoms with Gasteiger partial charge in [0, 0.05) is 13.1 Å². The Kier molecular flexibility index (Phi) is 4.15. The molecule has 72 valence electrons. The van der Waals surface area contributed by atoms with Crippen LogP contribution in [0.2, 0.25) is 0 Å². The van der Waals surface area contributed by atoms with Crippen molar-refractivity contribution in [1.82, 2.24) is 9.44 Å². The fourth-order valence-electron chi connectivity index (χ4n) is 0.627. The monoisotopic (exact) mass is 196 g/mol. The van der Waals surface area contributed by atoms with Crippen molar-refractivity contribution >= 4 is 16.2 Å². The molecule has 0 aliphatic carbocycles. The summed E-state index contributed by atoms with van der Waals surface area (Å²) in [4.78, 5) is 10.1. The molecule has 0 aliphatic rings. The van der Waals surface area contributed by atoms with Crippen LogP contribution in [0.1, 0.15) is 13.3 Å². The highest BCUT2D eigenvalue weighted by Crippen LogP contribution is 1.91. The zero-order valence-electron chi connectivity index (χ0n) is 6.86. The molecule has 0 aromatic heterocycles. The smallest absolute Gasteiger partial charge is 0.304 e. The molecule has 0 spiro atoms. The molecule has 0 aromatic rings. The number of hydrogen-bond donors (Lipinski definition) is 3. The van der Waals surface area contributed by atoms with E-state index in [-0.39, 0.29) is 6.42 Å². The van der Waals surface area contributed by atoms with Crippen LogP contribution in [0, 0.1) is 0 Å². The van der Waals surface area contributed by atoms with E-state index >= 15 is 0 Å². The summed E-state index contributed by atoms with van der Waals surface area (Å²) in [5.74, 6) is -1.04. The molecule has 0 saturated heterocycles. The Morgan fingerprint density at radius 2 is 2.08 bits per heavy atom. The van der Waals surface area contributed by atoms with E-state index in [0.717, 1.165) is 0 Å². The van der Waals surface area contributed by atoms with E-state index in [1.54, 1.807) is 0 Å². The number of rotatable bonds is 5. The molecule has 0 bridgehead atoms. The second-order valence-electron chi connectivity index (χ2n) is 2.32. The predicted molar refractivity (Wildman–Crippen MR) is 42.8 cm³/mol. The molecule has 0 aromatic carbocycles. The summed E-state index contributed by atoms with van der Waals surface area (Å²) in [5, 5.41) is 8.30. The topological polar surface area (TPSA) is 95.5 Å². The minimum absolute atomic E-state index is 0.235. The molecule has 1 unspecified atom stereocenters. The summed E-state index contributed by atoms with van der Waals surface area (Å²) >= 11 is 0.